The Morgan fingerprint density at radius 2 is 1.82 bits per heavy atom. The van der Waals surface area contributed by atoms with Gasteiger partial charge < -0.3 is 5.32 Å². The lowest BCUT2D eigenvalue weighted by Crippen LogP contribution is -2.43. The number of nitrogens with zero attached hydrogens (tertiary/aromatic N) is 1. The highest BCUT2D eigenvalue weighted by Gasteiger charge is 2.20. The summed E-state index contributed by atoms with van der Waals surface area (Å²) in [6, 6.07) is 0.628. The molecule has 1 aliphatic heterocycles. The molecule has 1 aromatic carbocycles. The first-order valence-electron chi connectivity index (χ1n) is 5.34. The van der Waals surface area contributed by atoms with Gasteiger partial charge in [0.1, 0.15) is 16.7 Å². The van der Waals surface area contributed by atoms with Crippen LogP contribution in [0.4, 0.5) is 13.2 Å². The molecule has 1 N–H and O–H groups in total. The highest BCUT2D eigenvalue weighted by atomic mass is 35.5. The number of hydrogen-bond donors (Lipinski definition) is 1. The highest BCUT2D eigenvalue weighted by molar-refractivity contribution is 6.30. The maximum Gasteiger partial charge on any atom is 0.152 e. The second-order valence-electron chi connectivity index (χ2n) is 3.97. The van der Waals surface area contributed by atoms with Crippen molar-refractivity contribution in [2.24, 2.45) is 0 Å². The van der Waals surface area contributed by atoms with E-state index in [2.05, 4.69) is 5.32 Å². The van der Waals surface area contributed by atoms with Gasteiger partial charge >= 0.3 is 0 Å². The van der Waals surface area contributed by atoms with E-state index >= 15 is 0 Å². The third-order valence-electron chi connectivity index (χ3n) is 2.80. The smallest absolute Gasteiger partial charge is 0.152 e. The fourth-order valence-corrected chi connectivity index (χ4v) is 2.01. The van der Waals surface area contributed by atoms with Crippen molar-refractivity contribution < 1.29 is 13.2 Å². The van der Waals surface area contributed by atoms with E-state index < -0.39 is 22.5 Å². The van der Waals surface area contributed by atoms with E-state index in [9.17, 15) is 13.2 Å². The zero-order valence-electron chi connectivity index (χ0n) is 9.07. The molecule has 1 heterocycles. The van der Waals surface area contributed by atoms with E-state index in [0.717, 1.165) is 13.1 Å². The Morgan fingerprint density at radius 1 is 1.18 bits per heavy atom. The van der Waals surface area contributed by atoms with Gasteiger partial charge in [0, 0.05) is 44.4 Å². The normalized spacial score (nSPS) is 17.4. The van der Waals surface area contributed by atoms with Gasteiger partial charge in [0.15, 0.2) is 5.82 Å². The van der Waals surface area contributed by atoms with Crippen molar-refractivity contribution in [3.63, 3.8) is 0 Å². The topological polar surface area (TPSA) is 15.3 Å². The molecule has 0 atom stereocenters. The minimum absolute atomic E-state index is 0.110. The van der Waals surface area contributed by atoms with Crippen molar-refractivity contribution in [3.05, 3.63) is 34.1 Å². The van der Waals surface area contributed by atoms with E-state index in [4.69, 9.17) is 11.6 Å². The molecule has 1 aromatic rings. The second-order valence-corrected chi connectivity index (χ2v) is 4.35. The summed E-state index contributed by atoms with van der Waals surface area (Å²) in [5.41, 5.74) is -0.168. The van der Waals surface area contributed by atoms with Crippen molar-refractivity contribution in [3.8, 4) is 0 Å². The number of hydrogen-bond acceptors (Lipinski definition) is 2. The van der Waals surface area contributed by atoms with E-state index in [1.165, 1.54) is 0 Å². The van der Waals surface area contributed by atoms with Crippen LogP contribution >= 0.6 is 11.6 Å². The number of benzene rings is 1. The van der Waals surface area contributed by atoms with Crippen LogP contribution in [0, 0.1) is 17.5 Å². The molecule has 2 rings (SSSR count). The Morgan fingerprint density at radius 3 is 2.47 bits per heavy atom. The van der Waals surface area contributed by atoms with Crippen LogP contribution in [0.25, 0.3) is 0 Å². The largest absolute Gasteiger partial charge is 0.314 e. The molecule has 94 valence electrons. The van der Waals surface area contributed by atoms with Crippen LogP contribution in [-0.4, -0.2) is 31.1 Å². The average Bonchev–Trinajstić information content (AvgIpc) is 2.33. The van der Waals surface area contributed by atoms with Crippen molar-refractivity contribution in [1.29, 1.82) is 0 Å². The zero-order valence-corrected chi connectivity index (χ0v) is 9.83. The molecular weight excluding hydrogens is 253 g/mol. The van der Waals surface area contributed by atoms with E-state index in [1.807, 2.05) is 4.90 Å². The minimum Gasteiger partial charge on any atom is -0.314 e. The summed E-state index contributed by atoms with van der Waals surface area (Å²) in [5, 5.41) is 2.49. The minimum atomic E-state index is -1.06. The maximum atomic E-state index is 13.6. The lowest BCUT2D eigenvalue weighted by Gasteiger charge is -2.27. The van der Waals surface area contributed by atoms with Gasteiger partial charge in [-0.05, 0) is 0 Å². The number of piperazine rings is 1. The Labute approximate surface area is 102 Å². The fourth-order valence-electron chi connectivity index (χ4n) is 1.84. The van der Waals surface area contributed by atoms with Gasteiger partial charge in [0.05, 0.1) is 0 Å². The molecule has 0 bridgehead atoms. The molecule has 0 saturated carbocycles. The molecule has 2 nitrogen and oxygen atoms in total. The number of halogens is 4. The van der Waals surface area contributed by atoms with Crippen molar-refractivity contribution >= 4 is 11.6 Å². The summed E-state index contributed by atoms with van der Waals surface area (Å²) in [4.78, 5) is 1.90. The summed E-state index contributed by atoms with van der Waals surface area (Å²) < 4.78 is 40.1. The Bertz CT molecular complexity index is 420. The third kappa shape index (κ3) is 2.73. The average molecular weight is 265 g/mol. The summed E-state index contributed by atoms with van der Waals surface area (Å²) in [6.45, 7) is 3.07. The molecule has 0 radical (unpaired) electrons. The summed E-state index contributed by atoms with van der Waals surface area (Å²) in [7, 11) is 0. The standard InChI is InChI=1S/C11H12ClF3N2/c12-10-9(14)5-8(13)7(11(10)15)6-17-3-1-16-2-4-17/h5,16H,1-4,6H2. The van der Waals surface area contributed by atoms with Crippen LogP contribution in [0.15, 0.2) is 6.07 Å². The molecule has 1 aliphatic rings. The second kappa shape index (κ2) is 5.25. The van der Waals surface area contributed by atoms with Gasteiger partial charge in [-0.25, -0.2) is 13.2 Å². The molecule has 1 fully saturated rings. The first-order valence-corrected chi connectivity index (χ1v) is 5.72. The van der Waals surface area contributed by atoms with Gasteiger partial charge in [-0.15, -0.1) is 0 Å². The van der Waals surface area contributed by atoms with Crippen molar-refractivity contribution in [1.82, 2.24) is 10.2 Å². The molecule has 6 heteroatoms. The first-order chi connectivity index (χ1) is 8.09. The Balaban J connectivity index is 2.22. The van der Waals surface area contributed by atoms with Crippen LogP contribution in [0.2, 0.25) is 5.02 Å². The Kier molecular flexibility index (Phi) is 3.91. The summed E-state index contributed by atoms with van der Waals surface area (Å²) >= 11 is 5.42. The van der Waals surface area contributed by atoms with E-state index in [1.54, 1.807) is 0 Å². The molecule has 0 aromatic heterocycles. The fraction of sp³-hybridized carbons (Fsp3) is 0.455. The Hall–Kier alpha value is -0.780. The monoisotopic (exact) mass is 264 g/mol. The van der Waals surface area contributed by atoms with Crippen LogP contribution in [0.5, 0.6) is 0 Å². The molecule has 0 spiro atoms. The SMILES string of the molecule is Fc1cc(F)c(CN2CCNCC2)c(F)c1Cl. The third-order valence-corrected chi connectivity index (χ3v) is 3.15. The maximum absolute atomic E-state index is 13.6. The predicted molar refractivity (Wildman–Crippen MR) is 59.5 cm³/mol. The van der Waals surface area contributed by atoms with Crippen molar-refractivity contribution in [2.75, 3.05) is 26.2 Å². The lowest BCUT2D eigenvalue weighted by atomic mass is 10.1. The molecule has 17 heavy (non-hydrogen) atoms. The van der Waals surface area contributed by atoms with Crippen LogP contribution < -0.4 is 5.32 Å². The van der Waals surface area contributed by atoms with E-state index in [-0.39, 0.29) is 12.1 Å². The lowest BCUT2D eigenvalue weighted by molar-refractivity contribution is 0.227. The van der Waals surface area contributed by atoms with E-state index in [0.29, 0.717) is 19.2 Å². The summed E-state index contributed by atoms with van der Waals surface area (Å²) in [5.74, 6) is -2.95. The first kappa shape index (κ1) is 12.7. The van der Waals surface area contributed by atoms with Gasteiger partial charge in [-0.2, -0.15) is 0 Å². The molecule has 0 amide bonds. The van der Waals surface area contributed by atoms with Crippen LogP contribution in [-0.2, 0) is 6.54 Å². The van der Waals surface area contributed by atoms with Crippen molar-refractivity contribution in [2.45, 2.75) is 6.54 Å². The van der Waals surface area contributed by atoms with Gasteiger partial charge in [-0.1, -0.05) is 11.6 Å². The molecule has 1 saturated heterocycles. The van der Waals surface area contributed by atoms with Crippen LogP contribution in [0.1, 0.15) is 5.56 Å². The van der Waals surface area contributed by atoms with Crippen LogP contribution in [0.3, 0.4) is 0 Å². The quantitative estimate of drug-likeness (QED) is 0.651. The molecular formula is C11H12ClF3N2. The number of rotatable bonds is 2. The zero-order chi connectivity index (χ0) is 12.4. The highest BCUT2D eigenvalue weighted by Crippen LogP contribution is 2.25. The van der Waals surface area contributed by atoms with Gasteiger partial charge in [-0.3, -0.25) is 4.90 Å². The van der Waals surface area contributed by atoms with Gasteiger partial charge in [0.2, 0.25) is 0 Å². The summed E-state index contributed by atoms with van der Waals surface area (Å²) in [6.07, 6.45) is 0. The predicted octanol–water partition coefficient (Wildman–Crippen LogP) is 2.16. The molecule has 0 aliphatic carbocycles. The van der Waals surface area contributed by atoms with Gasteiger partial charge in [0.25, 0.3) is 0 Å². The molecule has 0 unspecified atom stereocenters. The number of nitrogens with one attached hydrogen (secondary N) is 1.